The predicted octanol–water partition coefficient (Wildman–Crippen LogP) is 5.04. The Balaban J connectivity index is 1.59. The molecule has 4 aromatic rings. The van der Waals surface area contributed by atoms with Crippen molar-refractivity contribution in [1.29, 1.82) is 0 Å². The van der Waals surface area contributed by atoms with E-state index in [2.05, 4.69) is 40.4 Å². The molecular formula is C24H24N4O2S. The fourth-order valence-electron chi connectivity index (χ4n) is 3.37. The van der Waals surface area contributed by atoms with Gasteiger partial charge in [0.15, 0.2) is 0 Å². The van der Waals surface area contributed by atoms with E-state index in [1.54, 1.807) is 36.7 Å². The maximum atomic E-state index is 12.2. The topological polar surface area (TPSA) is 78.1 Å². The van der Waals surface area contributed by atoms with Crippen LogP contribution in [0.2, 0.25) is 0 Å². The molecule has 31 heavy (non-hydrogen) atoms. The third-order valence-corrected chi connectivity index (χ3v) is 7.07. The van der Waals surface area contributed by atoms with Gasteiger partial charge >= 0.3 is 0 Å². The van der Waals surface area contributed by atoms with Crippen molar-refractivity contribution in [2.45, 2.75) is 11.8 Å². The molecular weight excluding hydrogens is 408 g/mol. The van der Waals surface area contributed by atoms with Crippen molar-refractivity contribution in [1.82, 2.24) is 14.3 Å². The van der Waals surface area contributed by atoms with Crippen LogP contribution in [0.5, 0.6) is 0 Å². The van der Waals surface area contributed by atoms with Crippen LogP contribution in [0.15, 0.2) is 72.0 Å². The number of benzene rings is 2. The zero-order valence-corrected chi connectivity index (χ0v) is 18.4. The Labute approximate surface area is 182 Å². The lowest BCUT2D eigenvalue weighted by molar-refractivity contribution is 0.521. The SMILES string of the molecule is Cc1c(Nc2ccncc2/C=C/c2ccc(S(=O)(=O)N(C)C)cc2)ccc2[nH]ccc12. The Morgan fingerprint density at radius 1 is 0.968 bits per heavy atom. The number of sulfonamides is 1. The zero-order valence-electron chi connectivity index (χ0n) is 17.6. The van der Waals surface area contributed by atoms with Crippen molar-refractivity contribution in [3.8, 4) is 0 Å². The number of hydrogen-bond acceptors (Lipinski definition) is 4. The molecule has 7 heteroatoms. The molecule has 6 nitrogen and oxygen atoms in total. The van der Waals surface area contributed by atoms with Crippen LogP contribution >= 0.6 is 0 Å². The van der Waals surface area contributed by atoms with Gasteiger partial charge in [0, 0.05) is 60.5 Å². The number of nitrogens with one attached hydrogen (secondary N) is 2. The smallest absolute Gasteiger partial charge is 0.242 e. The highest BCUT2D eigenvalue weighted by Crippen LogP contribution is 2.29. The summed E-state index contributed by atoms with van der Waals surface area (Å²) >= 11 is 0. The van der Waals surface area contributed by atoms with E-state index in [4.69, 9.17) is 0 Å². The van der Waals surface area contributed by atoms with E-state index >= 15 is 0 Å². The molecule has 2 N–H and O–H groups in total. The van der Waals surface area contributed by atoms with E-state index in [9.17, 15) is 8.42 Å². The summed E-state index contributed by atoms with van der Waals surface area (Å²) in [6, 6.07) is 15.0. The molecule has 0 aliphatic carbocycles. The first-order chi connectivity index (χ1) is 14.9. The number of fused-ring (bicyclic) bond motifs is 1. The molecule has 158 valence electrons. The Hall–Kier alpha value is -3.42. The van der Waals surface area contributed by atoms with Gasteiger partial charge in [0.2, 0.25) is 10.0 Å². The normalized spacial score (nSPS) is 12.1. The van der Waals surface area contributed by atoms with Gasteiger partial charge in [-0.2, -0.15) is 0 Å². The van der Waals surface area contributed by atoms with E-state index in [0.29, 0.717) is 0 Å². The molecule has 0 radical (unpaired) electrons. The van der Waals surface area contributed by atoms with Gasteiger partial charge in [0.1, 0.15) is 0 Å². The standard InChI is InChI=1S/C24H24N4O2S/c1-17-21-12-15-26-24(21)11-10-22(17)27-23-13-14-25-16-19(23)7-4-18-5-8-20(9-6-18)31(29,30)28(2)3/h4-16,26H,1-3H3,(H,25,27)/b7-4+. The van der Waals surface area contributed by atoms with Crippen LogP contribution in [0.25, 0.3) is 23.1 Å². The van der Waals surface area contributed by atoms with Gasteiger partial charge < -0.3 is 10.3 Å². The minimum Gasteiger partial charge on any atom is -0.361 e. The second-order valence-electron chi connectivity index (χ2n) is 7.45. The Morgan fingerprint density at radius 2 is 1.74 bits per heavy atom. The van der Waals surface area contributed by atoms with E-state index in [0.717, 1.165) is 28.0 Å². The van der Waals surface area contributed by atoms with Crippen LogP contribution in [0.4, 0.5) is 11.4 Å². The first-order valence-electron chi connectivity index (χ1n) is 9.84. The first kappa shape index (κ1) is 20.8. The van der Waals surface area contributed by atoms with Crippen molar-refractivity contribution in [3.63, 3.8) is 0 Å². The number of aromatic amines is 1. The van der Waals surface area contributed by atoms with Crippen molar-refractivity contribution in [2.24, 2.45) is 0 Å². The van der Waals surface area contributed by atoms with Crippen molar-refractivity contribution >= 4 is 44.5 Å². The molecule has 0 unspecified atom stereocenters. The predicted molar refractivity (Wildman–Crippen MR) is 127 cm³/mol. The Bertz CT molecular complexity index is 1350. The molecule has 2 aromatic heterocycles. The number of nitrogens with zero attached hydrogens (tertiary/aromatic N) is 2. The zero-order chi connectivity index (χ0) is 22.0. The highest BCUT2D eigenvalue weighted by Gasteiger charge is 2.16. The van der Waals surface area contributed by atoms with Gasteiger partial charge in [-0.3, -0.25) is 4.98 Å². The highest BCUT2D eigenvalue weighted by molar-refractivity contribution is 7.89. The highest BCUT2D eigenvalue weighted by atomic mass is 32.2. The molecule has 4 rings (SSSR count). The van der Waals surface area contributed by atoms with Gasteiger partial charge in [0.25, 0.3) is 0 Å². The van der Waals surface area contributed by atoms with Crippen LogP contribution in [-0.2, 0) is 10.0 Å². The molecule has 0 spiro atoms. The van der Waals surface area contributed by atoms with E-state index < -0.39 is 10.0 Å². The molecule has 2 aromatic carbocycles. The van der Waals surface area contributed by atoms with Crippen molar-refractivity contribution in [3.05, 3.63) is 83.8 Å². The molecule has 0 atom stereocenters. The fraction of sp³-hybridized carbons (Fsp3) is 0.125. The summed E-state index contributed by atoms with van der Waals surface area (Å²) in [7, 11) is -0.384. The minimum atomic E-state index is -3.43. The molecule has 2 heterocycles. The summed E-state index contributed by atoms with van der Waals surface area (Å²) < 4.78 is 25.7. The van der Waals surface area contributed by atoms with E-state index in [-0.39, 0.29) is 4.90 Å². The largest absolute Gasteiger partial charge is 0.361 e. The van der Waals surface area contributed by atoms with Crippen LogP contribution in [0.1, 0.15) is 16.7 Å². The average molecular weight is 433 g/mol. The van der Waals surface area contributed by atoms with Crippen molar-refractivity contribution in [2.75, 3.05) is 19.4 Å². The summed E-state index contributed by atoms with van der Waals surface area (Å²) in [5, 5.41) is 4.69. The number of anilines is 2. The third-order valence-electron chi connectivity index (χ3n) is 5.24. The molecule has 0 bridgehead atoms. The number of pyridine rings is 1. The monoisotopic (exact) mass is 432 g/mol. The summed E-state index contributed by atoms with van der Waals surface area (Å²) in [4.78, 5) is 7.75. The van der Waals surface area contributed by atoms with Gasteiger partial charge in [-0.05, 0) is 54.4 Å². The third kappa shape index (κ3) is 4.23. The number of H-pyrrole nitrogens is 1. The van der Waals surface area contributed by atoms with Gasteiger partial charge in [-0.25, -0.2) is 12.7 Å². The number of rotatable bonds is 6. The van der Waals surface area contributed by atoms with Gasteiger partial charge in [0.05, 0.1) is 4.90 Å². The summed E-state index contributed by atoms with van der Waals surface area (Å²) in [6.07, 6.45) is 9.40. The molecule has 0 aliphatic heterocycles. The first-order valence-corrected chi connectivity index (χ1v) is 11.3. The Kier molecular flexibility index (Phi) is 5.63. The van der Waals surface area contributed by atoms with Crippen LogP contribution in [0, 0.1) is 6.92 Å². The molecule has 0 saturated heterocycles. The lowest BCUT2D eigenvalue weighted by Gasteiger charge is -2.13. The van der Waals surface area contributed by atoms with Crippen molar-refractivity contribution < 1.29 is 8.42 Å². The maximum absolute atomic E-state index is 12.2. The second-order valence-corrected chi connectivity index (χ2v) is 9.61. The van der Waals surface area contributed by atoms with Gasteiger partial charge in [-0.15, -0.1) is 0 Å². The van der Waals surface area contributed by atoms with Crippen LogP contribution < -0.4 is 5.32 Å². The summed E-state index contributed by atoms with van der Waals surface area (Å²) in [6.45, 7) is 2.10. The number of hydrogen-bond donors (Lipinski definition) is 2. The van der Waals surface area contributed by atoms with Gasteiger partial charge in [-0.1, -0.05) is 24.3 Å². The second kappa shape index (κ2) is 8.37. The van der Waals surface area contributed by atoms with E-state index in [1.165, 1.54) is 29.4 Å². The lowest BCUT2D eigenvalue weighted by Crippen LogP contribution is -2.22. The quantitative estimate of drug-likeness (QED) is 0.448. The minimum absolute atomic E-state index is 0.272. The lowest BCUT2D eigenvalue weighted by atomic mass is 10.1. The molecule has 0 amide bonds. The maximum Gasteiger partial charge on any atom is 0.242 e. The average Bonchev–Trinajstić information content (AvgIpc) is 3.25. The molecule has 0 saturated carbocycles. The number of aromatic nitrogens is 2. The van der Waals surface area contributed by atoms with Crippen LogP contribution in [0.3, 0.4) is 0 Å². The number of aryl methyl sites for hydroxylation is 1. The molecule has 0 fully saturated rings. The fourth-order valence-corrected chi connectivity index (χ4v) is 4.27. The van der Waals surface area contributed by atoms with E-state index in [1.807, 2.05) is 24.4 Å². The molecule has 0 aliphatic rings. The summed E-state index contributed by atoms with van der Waals surface area (Å²) in [5.41, 5.74) is 6.08. The summed E-state index contributed by atoms with van der Waals surface area (Å²) in [5.74, 6) is 0. The Morgan fingerprint density at radius 3 is 2.48 bits per heavy atom. The van der Waals surface area contributed by atoms with Crippen LogP contribution in [-0.4, -0.2) is 36.8 Å².